The molecule has 0 saturated carbocycles. The number of anilines is 2. The van der Waals surface area contributed by atoms with Gasteiger partial charge in [-0.25, -0.2) is 9.18 Å². The number of hydrogen-bond acceptors (Lipinski definition) is 7. The Hall–Kier alpha value is -4.20. The number of benzene rings is 2. The first-order valence-corrected chi connectivity index (χ1v) is 12.1. The fourth-order valence-electron chi connectivity index (χ4n) is 4.66. The Morgan fingerprint density at radius 2 is 1.85 bits per heavy atom. The summed E-state index contributed by atoms with van der Waals surface area (Å²) in [4.78, 5) is 37.7. The summed E-state index contributed by atoms with van der Waals surface area (Å²) in [7, 11) is 0. The van der Waals surface area contributed by atoms with Crippen molar-refractivity contribution in [1.29, 1.82) is 0 Å². The molecule has 3 aromatic rings. The van der Waals surface area contributed by atoms with Crippen molar-refractivity contribution in [2.24, 2.45) is 0 Å². The SMILES string of the molecule is CCn1cc(C(=O)O)c(=O)c2cc(F)c(N3CCN(CCNc4ccc([N+](=O)[O-])c(C(F)(F)F)c4)CC3)cc21. The largest absolute Gasteiger partial charge is 0.477 e. The minimum Gasteiger partial charge on any atom is -0.477 e. The highest BCUT2D eigenvalue weighted by Crippen LogP contribution is 2.37. The number of pyridine rings is 1. The Kier molecular flexibility index (Phi) is 7.77. The lowest BCUT2D eigenvalue weighted by atomic mass is 10.1. The molecule has 14 heteroatoms. The van der Waals surface area contributed by atoms with Gasteiger partial charge in [0.05, 0.1) is 16.1 Å². The van der Waals surface area contributed by atoms with Gasteiger partial charge < -0.3 is 19.9 Å². The van der Waals surface area contributed by atoms with Crippen molar-refractivity contribution in [3.05, 3.63) is 73.8 Å². The quantitative estimate of drug-likeness (QED) is 0.245. The van der Waals surface area contributed by atoms with Gasteiger partial charge >= 0.3 is 12.1 Å². The summed E-state index contributed by atoms with van der Waals surface area (Å²) in [5.74, 6) is -2.02. The number of piperazine rings is 1. The summed E-state index contributed by atoms with van der Waals surface area (Å²) in [6.45, 7) is 4.88. The summed E-state index contributed by atoms with van der Waals surface area (Å²) >= 11 is 0. The van der Waals surface area contributed by atoms with E-state index in [1.165, 1.54) is 12.3 Å². The number of aromatic carboxylic acids is 1. The van der Waals surface area contributed by atoms with Crippen molar-refractivity contribution in [2.75, 3.05) is 49.5 Å². The highest BCUT2D eigenvalue weighted by atomic mass is 19.4. The van der Waals surface area contributed by atoms with E-state index >= 15 is 4.39 Å². The Morgan fingerprint density at radius 1 is 1.15 bits per heavy atom. The molecule has 4 rings (SSSR count). The van der Waals surface area contributed by atoms with Gasteiger partial charge in [0.2, 0.25) is 5.43 Å². The lowest BCUT2D eigenvalue weighted by Crippen LogP contribution is -2.48. The predicted molar refractivity (Wildman–Crippen MR) is 136 cm³/mol. The molecule has 1 aliphatic heterocycles. The zero-order chi connectivity index (χ0) is 28.5. The van der Waals surface area contributed by atoms with E-state index in [0.29, 0.717) is 50.9 Å². The molecule has 2 aromatic carbocycles. The Bertz CT molecular complexity index is 1480. The highest BCUT2D eigenvalue weighted by molar-refractivity contribution is 5.93. The van der Waals surface area contributed by atoms with Crippen LogP contribution in [0.4, 0.5) is 34.6 Å². The van der Waals surface area contributed by atoms with Crippen LogP contribution in [0.15, 0.2) is 41.3 Å². The van der Waals surface area contributed by atoms with Crippen LogP contribution >= 0.6 is 0 Å². The van der Waals surface area contributed by atoms with Gasteiger partial charge in [0.1, 0.15) is 16.9 Å². The summed E-state index contributed by atoms with van der Waals surface area (Å²) in [5.41, 5.74) is -2.69. The van der Waals surface area contributed by atoms with Gasteiger partial charge in [0.15, 0.2) is 0 Å². The maximum atomic E-state index is 15.1. The molecule has 0 amide bonds. The average molecular weight is 551 g/mol. The molecule has 2 heterocycles. The smallest absolute Gasteiger partial charge is 0.423 e. The number of fused-ring (bicyclic) bond motifs is 1. The second-order valence-electron chi connectivity index (χ2n) is 9.03. The maximum Gasteiger partial charge on any atom is 0.423 e. The molecule has 2 N–H and O–H groups in total. The van der Waals surface area contributed by atoms with E-state index in [1.807, 2.05) is 9.80 Å². The molecule has 1 aliphatic rings. The van der Waals surface area contributed by atoms with Gasteiger partial charge in [-0.3, -0.25) is 19.8 Å². The van der Waals surface area contributed by atoms with E-state index in [2.05, 4.69) is 5.32 Å². The predicted octanol–water partition coefficient (Wildman–Crippen LogP) is 4.02. The molecule has 1 aromatic heterocycles. The molecule has 0 aliphatic carbocycles. The Morgan fingerprint density at radius 3 is 2.44 bits per heavy atom. The van der Waals surface area contributed by atoms with E-state index in [0.717, 1.165) is 12.1 Å². The Labute approximate surface area is 219 Å². The lowest BCUT2D eigenvalue weighted by molar-refractivity contribution is -0.388. The van der Waals surface area contributed by atoms with Crippen LogP contribution in [0.2, 0.25) is 0 Å². The molecule has 0 atom stereocenters. The zero-order valence-corrected chi connectivity index (χ0v) is 20.8. The summed E-state index contributed by atoms with van der Waals surface area (Å²) < 4.78 is 56.2. The number of rotatable bonds is 8. The number of nitro benzene ring substituents is 1. The van der Waals surface area contributed by atoms with Gasteiger partial charge in [0.25, 0.3) is 5.69 Å². The van der Waals surface area contributed by atoms with Gasteiger partial charge in [-0.15, -0.1) is 0 Å². The molecule has 1 saturated heterocycles. The van der Waals surface area contributed by atoms with Crippen LogP contribution in [-0.2, 0) is 12.7 Å². The molecular weight excluding hydrogens is 526 g/mol. The minimum atomic E-state index is -4.86. The fraction of sp³-hybridized carbons (Fsp3) is 0.360. The average Bonchev–Trinajstić information content (AvgIpc) is 2.88. The van der Waals surface area contributed by atoms with Crippen LogP contribution < -0.4 is 15.6 Å². The number of nitrogens with zero attached hydrogens (tertiary/aromatic N) is 4. The number of carboxylic acids is 1. The third-order valence-corrected chi connectivity index (χ3v) is 6.69. The summed E-state index contributed by atoms with van der Waals surface area (Å²) in [5, 5.41) is 23.1. The number of carboxylic acid groups (broad SMARTS) is 1. The monoisotopic (exact) mass is 551 g/mol. The molecule has 0 radical (unpaired) electrons. The number of aryl methyl sites for hydroxylation is 1. The second kappa shape index (κ2) is 10.9. The number of carbonyl (C=O) groups is 1. The highest BCUT2D eigenvalue weighted by Gasteiger charge is 2.38. The molecule has 0 spiro atoms. The van der Waals surface area contributed by atoms with Crippen LogP contribution in [0.25, 0.3) is 10.9 Å². The standard InChI is InChI=1S/C25H25F4N5O5/c1-2-32-14-17(24(36)37)23(35)16-12-19(26)22(13-21(16)32)33-9-7-31(8-10-33)6-5-30-15-3-4-20(34(38)39)18(11-15)25(27,28)29/h3-4,11-14,30H,2,5-10H2,1H3,(H,36,37). The van der Waals surface area contributed by atoms with Crippen LogP contribution in [0.5, 0.6) is 0 Å². The lowest BCUT2D eigenvalue weighted by Gasteiger charge is -2.36. The number of hydrogen-bond donors (Lipinski definition) is 2. The first-order valence-electron chi connectivity index (χ1n) is 12.1. The molecule has 0 bridgehead atoms. The number of halogens is 4. The van der Waals surface area contributed by atoms with Crippen molar-refractivity contribution in [2.45, 2.75) is 19.6 Å². The van der Waals surface area contributed by atoms with Gasteiger partial charge in [-0.2, -0.15) is 13.2 Å². The zero-order valence-electron chi connectivity index (χ0n) is 20.8. The number of alkyl halides is 3. The first-order chi connectivity index (χ1) is 18.4. The van der Waals surface area contributed by atoms with Crippen LogP contribution in [0, 0.1) is 15.9 Å². The minimum absolute atomic E-state index is 0.0114. The van der Waals surface area contributed by atoms with E-state index in [-0.39, 0.29) is 23.3 Å². The summed E-state index contributed by atoms with van der Waals surface area (Å²) in [6.07, 6.45) is -3.61. The number of nitrogens with one attached hydrogen (secondary N) is 1. The second-order valence-corrected chi connectivity index (χ2v) is 9.03. The van der Waals surface area contributed by atoms with E-state index < -0.39 is 45.1 Å². The summed E-state index contributed by atoms with van der Waals surface area (Å²) in [6, 6.07) is 5.38. The van der Waals surface area contributed by atoms with Crippen LogP contribution in [0.1, 0.15) is 22.8 Å². The molecule has 208 valence electrons. The maximum absolute atomic E-state index is 15.1. The third kappa shape index (κ3) is 5.79. The van der Waals surface area contributed by atoms with Crippen molar-refractivity contribution >= 4 is 33.9 Å². The van der Waals surface area contributed by atoms with Crippen LogP contribution in [-0.4, -0.2) is 64.7 Å². The topological polar surface area (TPSA) is 121 Å². The van der Waals surface area contributed by atoms with E-state index in [1.54, 1.807) is 17.6 Å². The molecule has 39 heavy (non-hydrogen) atoms. The normalized spacial score (nSPS) is 14.5. The van der Waals surface area contributed by atoms with Crippen molar-refractivity contribution in [3.8, 4) is 0 Å². The van der Waals surface area contributed by atoms with Crippen molar-refractivity contribution < 1.29 is 32.4 Å². The van der Waals surface area contributed by atoms with Crippen molar-refractivity contribution in [1.82, 2.24) is 9.47 Å². The van der Waals surface area contributed by atoms with E-state index in [9.17, 15) is 38.0 Å². The molecule has 10 nitrogen and oxygen atoms in total. The third-order valence-electron chi connectivity index (χ3n) is 6.69. The molecule has 1 fully saturated rings. The van der Waals surface area contributed by atoms with Crippen molar-refractivity contribution in [3.63, 3.8) is 0 Å². The van der Waals surface area contributed by atoms with Gasteiger partial charge in [-0.1, -0.05) is 0 Å². The van der Waals surface area contributed by atoms with Crippen LogP contribution in [0.3, 0.4) is 0 Å². The fourth-order valence-corrected chi connectivity index (χ4v) is 4.66. The van der Waals surface area contributed by atoms with E-state index in [4.69, 9.17) is 0 Å². The molecule has 0 unspecified atom stereocenters. The van der Waals surface area contributed by atoms with Gasteiger partial charge in [0, 0.05) is 69.2 Å². The molecular formula is C25H25F4N5O5. The van der Waals surface area contributed by atoms with Gasteiger partial charge in [-0.05, 0) is 31.2 Å². The Balaban J connectivity index is 1.41. The first kappa shape index (κ1) is 27.8. The number of aromatic nitrogens is 1. The number of nitro groups is 1.